The van der Waals surface area contributed by atoms with E-state index in [1.54, 1.807) is 11.8 Å². The van der Waals surface area contributed by atoms with Crippen molar-refractivity contribution in [3.63, 3.8) is 0 Å². The van der Waals surface area contributed by atoms with Gasteiger partial charge in [0.1, 0.15) is 6.04 Å². The molecule has 0 aromatic heterocycles. The lowest BCUT2D eigenvalue weighted by molar-refractivity contribution is -0.144. The lowest BCUT2D eigenvalue weighted by Gasteiger charge is -2.23. The first-order valence-electron chi connectivity index (χ1n) is 3.85. The summed E-state index contributed by atoms with van der Waals surface area (Å²) in [4.78, 5) is 13.7. The molecule has 6 heteroatoms. The summed E-state index contributed by atoms with van der Waals surface area (Å²) in [5, 5.41) is 0. The van der Waals surface area contributed by atoms with Gasteiger partial charge in [-0.05, 0) is 0 Å². The number of nitrogens with two attached hydrogens (primary N) is 1. The first-order chi connectivity index (χ1) is 6.20. The second-order valence-electron chi connectivity index (χ2n) is 2.61. The van der Waals surface area contributed by atoms with E-state index < -0.39 is 0 Å². The largest absolute Gasteiger partial charge is 0.467 e. The fourth-order valence-electron chi connectivity index (χ4n) is 1.14. The van der Waals surface area contributed by atoms with Crippen molar-refractivity contribution >= 4 is 34.9 Å². The molecule has 1 atom stereocenters. The molecule has 0 aromatic carbocycles. The van der Waals surface area contributed by atoms with Crippen LogP contribution in [-0.4, -0.2) is 47.2 Å². The van der Waals surface area contributed by atoms with Gasteiger partial charge in [0.25, 0.3) is 0 Å². The molecule has 0 bridgehead atoms. The lowest BCUT2D eigenvalue weighted by atomic mass is 10.3. The van der Waals surface area contributed by atoms with E-state index in [1.165, 1.54) is 7.11 Å². The first-order valence-corrected chi connectivity index (χ1v) is 5.42. The number of methoxy groups -OCH3 is 1. The van der Waals surface area contributed by atoms with E-state index in [-0.39, 0.29) is 12.0 Å². The number of esters is 1. The Morgan fingerprint density at radius 2 is 2.54 bits per heavy atom. The van der Waals surface area contributed by atoms with Crippen molar-refractivity contribution in [2.24, 2.45) is 5.73 Å². The number of hydrogen-bond donors (Lipinski definition) is 1. The third-order valence-corrected chi connectivity index (χ3v) is 3.26. The molecule has 1 unspecified atom stereocenters. The van der Waals surface area contributed by atoms with Crippen LogP contribution in [-0.2, 0) is 9.53 Å². The third-order valence-electron chi connectivity index (χ3n) is 1.85. The Balaban J connectivity index is 2.63. The van der Waals surface area contributed by atoms with Gasteiger partial charge in [0.2, 0.25) is 0 Å². The number of thiocarbonyl (C=S) groups is 1. The minimum atomic E-state index is -0.244. The molecule has 1 aliphatic heterocycles. The van der Waals surface area contributed by atoms with E-state index in [2.05, 4.69) is 4.74 Å². The van der Waals surface area contributed by atoms with Gasteiger partial charge < -0.3 is 15.4 Å². The monoisotopic (exact) mass is 220 g/mol. The molecule has 74 valence electrons. The summed E-state index contributed by atoms with van der Waals surface area (Å²) in [5.41, 5.74) is 5.41. The van der Waals surface area contributed by atoms with E-state index in [0.717, 1.165) is 11.6 Å². The van der Waals surface area contributed by atoms with E-state index in [1.807, 2.05) is 4.90 Å². The molecule has 1 aliphatic rings. The third kappa shape index (κ3) is 2.32. The van der Waals surface area contributed by atoms with Crippen molar-refractivity contribution in [3.8, 4) is 0 Å². The number of hydrogen-bond acceptors (Lipinski definition) is 5. The SMILES string of the molecule is COC(=O)C1CSCN1C(=S)CN. The highest BCUT2D eigenvalue weighted by Crippen LogP contribution is 2.21. The minimum Gasteiger partial charge on any atom is -0.467 e. The molecular formula is C7H12N2O2S2. The molecule has 1 heterocycles. The molecule has 1 rings (SSSR count). The van der Waals surface area contributed by atoms with Crippen molar-refractivity contribution in [2.75, 3.05) is 25.3 Å². The number of ether oxygens (including phenoxy) is 1. The maximum atomic E-state index is 11.3. The van der Waals surface area contributed by atoms with Crippen molar-refractivity contribution in [1.29, 1.82) is 0 Å². The van der Waals surface area contributed by atoms with Crippen LogP contribution in [0, 0.1) is 0 Å². The van der Waals surface area contributed by atoms with Gasteiger partial charge in [0.15, 0.2) is 0 Å². The van der Waals surface area contributed by atoms with E-state index in [4.69, 9.17) is 18.0 Å². The van der Waals surface area contributed by atoms with Gasteiger partial charge in [0.05, 0.1) is 18.0 Å². The average Bonchev–Trinajstić information content (AvgIpc) is 2.63. The lowest BCUT2D eigenvalue weighted by Crippen LogP contribution is -2.44. The van der Waals surface area contributed by atoms with Gasteiger partial charge in [-0.1, -0.05) is 12.2 Å². The van der Waals surface area contributed by atoms with Gasteiger partial charge in [0, 0.05) is 12.3 Å². The smallest absolute Gasteiger partial charge is 0.329 e. The van der Waals surface area contributed by atoms with Crippen LogP contribution in [0.5, 0.6) is 0 Å². The summed E-state index contributed by atoms with van der Waals surface area (Å²) in [7, 11) is 1.38. The molecule has 1 fully saturated rings. The zero-order valence-electron chi connectivity index (χ0n) is 7.36. The van der Waals surface area contributed by atoms with Crippen LogP contribution in [0.25, 0.3) is 0 Å². The van der Waals surface area contributed by atoms with E-state index in [9.17, 15) is 4.79 Å². The summed E-state index contributed by atoms with van der Waals surface area (Å²) in [6, 6.07) is -0.244. The molecule has 0 saturated carbocycles. The number of thioether (sulfide) groups is 1. The fourth-order valence-corrected chi connectivity index (χ4v) is 2.59. The van der Waals surface area contributed by atoms with Gasteiger partial charge in [-0.25, -0.2) is 4.79 Å². The van der Waals surface area contributed by atoms with Crippen LogP contribution >= 0.6 is 24.0 Å². The normalized spacial score (nSPS) is 21.7. The van der Waals surface area contributed by atoms with E-state index >= 15 is 0 Å². The highest BCUT2D eigenvalue weighted by molar-refractivity contribution is 7.99. The van der Waals surface area contributed by atoms with Crippen molar-refractivity contribution in [1.82, 2.24) is 4.90 Å². The molecule has 0 aliphatic carbocycles. The number of carbonyl (C=O) groups is 1. The van der Waals surface area contributed by atoms with Crippen LogP contribution in [0.4, 0.5) is 0 Å². The van der Waals surface area contributed by atoms with Crippen LogP contribution in [0.2, 0.25) is 0 Å². The highest BCUT2D eigenvalue weighted by atomic mass is 32.2. The minimum absolute atomic E-state index is 0.235. The summed E-state index contributed by atoms with van der Waals surface area (Å²) in [6.45, 7) is 0.309. The van der Waals surface area contributed by atoms with Gasteiger partial charge in [-0.3, -0.25) is 0 Å². The van der Waals surface area contributed by atoms with Crippen molar-refractivity contribution in [3.05, 3.63) is 0 Å². The second-order valence-corrected chi connectivity index (χ2v) is 4.08. The van der Waals surface area contributed by atoms with Crippen LogP contribution in [0.15, 0.2) is 0 Å². The summed E-state index contributed by atoms with van der Waals surface area (Å²) < 4.78 is 4.66. The fraction of sp³-hybridized carbons (Fsp3) is 0.714. The van der Waals surface area contributed by atoms with Crippen LogP contribution in [0.3, 0.4) is 0 Å². The summed E-state index contributed by atoms with van der Waals surface area (Å²) in [6.07, 6.45) is 0. The van der Waals surface area contributed by atoms with Crippen LogP contribution < -0.4 is 5.73 Å². The maximum absolute atomic E-state index is 11.3. The van der Waals surface area contributed by atoms with Crippen LogP contribution in [0.1, 0.15) is 0 Å². The van der Waals surface area contributed by atoms with Crippen molar-refractivity contribution < 1.29 is 9.53 Å². The predicted molar refractivity (Wildman–Crippen MR) is 56.6 cm³/mol. The summed E-state index contributed by atoms with van der Waals surface area (Å²) in [5.74, 6) is 1.23. The highest BCUT2D eigenvalue weighted by Gasteiger charge is 2.32. The predicted octanol–water partition coefficient (Wildman–Crippen LogP) is -0.180. The number of rotatable bonds is 2. The van der Waals surface area contributed by atoms with E-state index in [0.29, 0.717) is 11.5 Å². The first kappa shape index (κ1) is 10.7. The molecule has 0 radical (unpaired) electrons. The Kier molecular flexibility index (Phi) is 3.95. The Labute approximate surface area is 86.8 Å². The molecule has 0 amide bonds. The molecule has 2 N–H and O–H groups in total. The second kappa shape index (κ2) is 4.78. The topological polar surface area (TPSA) is 55.6 Å². The average molecular weight is 220 g/mol. The number of carbonyl (C=O) groups excluding carboxylic acids is 1. The molecule has 4 nitrogen and oxygen atoms in total. The Bertz CT molecular complexity index is 201. The molecule has 13 heavy (non-hydrogen) atoms. The number of nitrogens with zero attached hydrogens (tertiary/aromatic N) is 1. The molecule has 0 aromatic rings. The zero-order valence-corrected chi connectivity index (χ0v) is 8.99. The zero-order chi connectivity index (χ0) is 9.84. The summed E-state index contributed by atoms with van der Waals surface area (Å²) >= 11 is 6.70. The molecule has 1 saturated heterocycles. The standard InChI is InChI=1S/C7H12N2O2S2/c1-11-7(10)5-3-13-4-9(5)6(12)2-8/h5H,2-4,8H2,1H3. The Morgan fingerprint density at radius 3 is 3.08 bits per heavy atom. The molecule has 0 spiro atoms. The Morgan fingerprint density at radius 1 is 1.85 bits per heavy atom. The van der Waals surface area contributed by atoms with Crippen molar-refractivity contribution in [2.45, 2.75) is 6.04 Å². The Hall–Kier alpha value is -0.330. The van der Waals surface area contributed by atoms with Gasteiger partial charge >= 0.3 is 5.97 Å². The van der Waals surface area contributed by atoms with Gasteiger partial charge in [-0.2, -0.15) is 0 Å². The maximum Gasteiger partial charge on any atom is 0.329 e. The quantitative estimate of drug-likeness (QED) is 0.515. The molecular weight excluding hydrogens is 208 g/mol. The van der Waals surface area contributed by atoms with Gasteiger partial charge in [-0.15, -0.1) is 11.8 Å².